The normalized spacial score (nSPS) is 14.5. The third kappa shape index (κ3) is 8.45. The van der Waals surface area contributed by atoms with Gasteiger partial charge in [0.15, 0.2) is 0 Å². The number of amides is 3. The van der Waals surface area contributed by atoms with Crippen molar-refractivity contribution in [1.82, 2.24) is 20.5 Å². The first-order chi connectivity index (χ1) is 21.9. The van der Waals surface area contributed by atoms with Gasteiger partial charge in [-0.2, -0.15) is 0 Å². The molecule has 0 unspecified atom stereocenters. The summed E-state index contributed by atoms with van der Waals surface area (Å²) in [6, 6.07) is 26.6. The zero-order chi connectivity index (χ0) is 31.6. The minimum atomic E-state index is -0.924. The van der Waals surface area contributed by atoms with Gasteiger partial charge in [-0.25, -0.2) is 9.78 Å². The summed E-state index contributed by atoms with van der Waals surface area (Å²) >= 11 is 0. The molecule has 2 atom stereocenters. The number of ether oxygens (including phenoxy) is 1. The van der Waals surface area contributed by atoms with E-state index < -0.39 is 18.0 Å². The van der Waals surface area contributed by atoms with Crippen LogP contribution in [0.3, 0.4) is 0 Å². The Morgan fingerprint density at radius 3 is 2.02 bits per heavy atom. The van der Waals surface area contributed by atoms with Crippen LogP contribution < -0.4 is 10.6 Å². The van der Waals surface area contributed by atoms with Crippen molar-refractivity contribution < 1.29 is 23.5 Å². The molecule has 1 aliphatic heterocycles. The second kappa shape index (κ2) is 15.3. The third-order valence-electron chi connectivity index (χ3n) is 7.74. The minimum absolute atomic E-state index is 0.0798. The summed E-state index contributed by atoms with van der Waals surface area (Å²) < 4.78 is 11.6. The number of morpholine rings is 1. The van der Waals surface area contributed by atoms with E-state index in [9.17, 15) is 14.4 Å². The molecule has 5 rings (SSSR count). The van der Waals surface area contributed by atoms with Gasteiger partial charge in [0.25, 0.3) is 0 Å². The predicted octanol–water partition coefficient (Wildman–Crippen LogP) is 5.77. The molecule has 3 aromatic carbocycles. The quantitative estimate of drug-likeness (QED) is 0.198. The fraction of sp³-hybridized carbons (Fsp3) is 0.333. The van der Waals surface area contributed by atoms with Crippen LogP contribution in [0.5, 0.6) is 0 Å². The summed E-state index contributed by atoms with van der Waals surface area (Å²) in [5.74, 6) is -0.273. The first kappa shape index (κ1) is 31.7. The summed E-state index contributed by atoms with van der Waals surface area (Å²) in [6.07, 6.45) is 1.29. The maximum Gasteiger partial charge on any atom is 0.318 e. The van der Waals surface area contributed by atoms with Crippen molar-refractivity contribution >= 4 is 17.7 Å². The van der Waals surface area contributed by atoms with E-state index in [1.807, 2.05) is 105 Å². The number of hydrogen-bond donors (Lipinski definition) is 2. The molecule has 0 spiro atoms. The SMILES string of the molecule is CC(C)C[C@H](NC(=O)N1CCOCC1)C(=O)N[C@@H](CCc1ccccc1)C(=O)c1oc(-c2ccccc2)nc1-c1ccccc1. The number of rotatable bonds is 12. The molecule has 1 fully saturated rings. The van der Waals surface area contributed by atoms with Gasteiger partial charge in [0.05, 0.1) is 19.3 Å². The largest absolute Gasteiger partial charge is 0.432 e. The first-order valence-electron chi connectivity index (χ1n) is 15.5. The van der Waals surface area contributed by atoms with Crippen LogP contribution in [0.15, 0.2) is 95.4 Å². The number of nitrogens with one attached hydrogen (secondary N) is 2. The van der Waals surface area contributed by atoms with E-state index in [-0.39, 0.29) is 23.5 Å². The van der Waals surface area contributed by atoms with Gasteiger partial charge in [0.2, 0.25) is 23.3 Å². The molecule has 9 nitrogen and oxygen atoms in total. The Morgan fingerprint density at radius 2 is 1.40 bits per heavy atom. The van der Waals surface area contributed by atoms with E-state index in [0.717, 1.165) is 16.7 Å². The average Bonchev–Trinajstić information content (AvgIpc) is 3.53. The van der Waals surface area contributed by atoms with Crippen LogP contribution in [-0.2, 0) is 16.0 Å². The van der Waals surface area contributed by atoms with Crippen LogP contribution in [0.4, 0.5) is 4.79 Å². The molecule has 0 bridgehead atoms. The van der Waals surface area contributed by atoms with Crippen molar-refractivity contribution in [3.05, 3.63) is 102 Å². The highest BCUT2D eigenvalue weighted by atomic mass is 16.5. The molecule has 0 saturated carbocycles. The summed E-state index contributed by atoms with van der Waals surface area (Å²) in [6.45, 7) is 5.80. The van der Waals surface area contributed by atoms with E-state index in [1.54, 1.807) is 4.90 Å². The number of aromatic nitrogens is 1. The fourth-order valence-electron chi connectivity index (χ4n) is 5.35. The monoisotopic (exact) mass is 608 g/mol. The highest BCUT2D eigenvalue weighted by Crippen LogP contribution is 2.30. The summed E-state index contributed by atoms with van der Waals surface area (Å²) in [5.41, 5.74) is 2.92. The number of benzene rings is 3. The molecular formula is C36H40N4O5. The standard InChI is InChI=1S/C36H40N4O5/c1-25(2)24-30(38-36(43)40-20-22-44-23-21-40)34(42)37-29(19-18-26-12-6-3-7-13-26)32(41)33-31(27-14-8-4-9-15-27)39-35(45-33)28-16-10-5-11-17-28/h3-17,25,29-30H,18-24H2,1-2H3,(H,37,42)(H,38,43)/t29-,30-/m0/s1. The molecule has 45 heavy (non-hydrogen) atoms. The molecule has 3 amide bonds. The van der Waals surface area contributed by atoms with Crippen LogP contribution >= 0.6 is 0 Å². The molecule has 0 radical (unpaired) electrons. The van der Waals surface area contributed by atoms with E-state index in [2.05, 4.69) is 10.6 Å². The number of aryl methyl sites for hydroxylation is 1. The minimum Gasteiger partial charge on any atom is -0.432 e. The predicted molar refractivity (Wildman–Crippen MR) is 173 cm³/mol. The topological polar surface area (TPSA) is 114 Å². The molecular weight excluding hydrogens is 568 g/mol. The lowest BCUT2D eigenvalue weighted by atomic mass is 9.97. The van der Waals surface area contributed by atoms with Crippen molar-refractivity contribution in [3.8, 4) is 22.7 Å². The Labute approximate surface area is 264 Å². The third-order valence-corrected chi connectivity index (χ3v) is 7.74. The van der Waals surface area contributed by atoms with E-state index in [1.165, 1.54) is 0 Å². The molecule has 4 aromatic rings. The maximum atomic E-state index is 14.4. The number of carbonyl (C=O) groups is 3. The number of urea groups is 1. The Bertz CT molecular complexity index is 1550. The molecule has 2 N–H and O–H groups in total. The van der Waals surface area contributed by atoms with Crippen LogP contribution in [0.2, 0.25) is 0 Å². The zero-order valence-electron chi connectivity index (χ0n) is 25.8. The van der Waals surface area contributed by atoms with E-state index in [0.29, 0.717) is 57.2 Å². The number of ketones is 1. The highest BCUT2D eigenvalue weighted by molar-refractivity contribution is 6.04. The van der Waals surface area contributed by atoms with Crippen LogP contribution in [-0.4, -0.2) is 66.0 Å². The van der Waals surface area contributed by atoms with Gasteiger partial charge in [0, 0.05) is 24.2 Å². The summed E-state index contributed by atoms with van der Waals surface area (Å²) in [4.78, 5) is 47.7. The Morgan fingerprint density at radius 1 is 0.800 bits per heavy atom. The van der Waals surface area contributed by atoms with Crippen LogP contribution in [0, 0.1) is 5.92 Å². The lowest BCUT2D eigenvalue weighted by molar-refractivity contribution is -0.123. The molecule has 1 saturated heterocycles. The number of nitrogens with zero attached hydrogens (tertiary/aromatic N) is 2. The summed E-state index contributed by atoms with van der Waals surface area (Å²) in [5, 5.41) is 5.90. The maximum absolute atomic E-state index is 14.4. The zero-order valence-corrected chi connectivity index (χ0v) is 25.8. The van der Waals surface area contributed by atoms with Crippen molar-refractivity contribution in [2.24, 2.45) is 5.92 Å². The lowest BCUT2D eigenvalue weighted by Gasteiger charge is -2.30. The van der Waals surface area contributed by atoms with Gasteiger partial charge in [-0.1, -0.05) is 92.7 Å². The molecule has 1 aliphatic rings. The van der Waals surface area contributed by atoms with Gasteiger partial charge in [0.1, 0.15) is 11.7 Å². The number of oxazole rings is 1. The second-order valence-corrected chi connectivity index (χ2v) is 11.6. The van der Waals surface area contributed by atoms with Crippen molar-refractivity contribution in [2.45, 2.75) is 45.2 Å². The number of hydrogen-bond acceptors (Lipinski definition) is 6. The van der Waals surface area contributed by atoms with Gasteiger partial charge in [-0.15, -0.1) is 0 Å². The van der Waals surface area contributed by atoms with Crippen molar-refractivity contribution in [1.29, 1.82) is 0 Å². The second-order valence-electron chi connectivity index (χ2n) is 11.6. The number of carbonyl (C=O) groups excluding carboxylic acids is 3. The average molecular weight is 609 g/mol. The van der Waals surface area contributed by atoms with Gasteiger partial charge in [-0.3, -0.25) is 9.59 Å². The Kier molecular flexibility index (Phi) is 10.8. The Balaban J connectivity index is 1.45. The first-order valence-corrected chi connectivity index (χ1v) is 15.5. The fourth-order valence-corrected chi connectivity index (χ4v) is 5.35. The lowest BCUT2D eigenvalue weighted by Crippen LogP contribution is -2.56. The number of Topliss-reactive ketones (excluding diaryl/α,β-unsaturated/α-hetero) is 1. The highest BCUT2D eigenvalue weighted by Gasteiger charge is 2.33. The Hall–Kier alpha value is -4.76. The molecule has 0 aliphatic carbocycles. The molecule has 1 aromatic heterocycles. The summed E-state index contributed by atoms with van der Waals surface area (Å²) in [7, 11) is 0. The molecule has 2 heterocycles. The van der Waals surface area contributed by atoms with Crippen LogP contribution in [0.1, 0.15) is 42.8 Å². The van der Waals surface area contributed by atoms with E-state index in [4.69, 9.17) is 14.1 Å². The van der Waals surface area contributed by atoms with Gasteiger partial charge >= 0.3 is 6.03 Å². The van der Waals surface area contributed by atoms with E-state index >= 15 is 0 Å². The van der Waals surface area contributed by atoms with Crippen LogP contribution in [0.25, 0.3) is 22.7 Å². The smallest absolute Gasteiger partial charge is 0.318 e. The van der Waals surface area contributed by atoms with Crippen molar-refractivity contribution in [3.63, 3.8) is 0 Å². The molecule has 234 valence electrons. The van der Waals surface area contributed by atoms with Gasteiger partial charge in [-0.05, 0) is 42.9 Å². The molecule has 9 heteroatoms. The van der Waals surface area contributed by atoms with Gasteiger partial charge < -0.3 is 24.7 Å². The van der Waals surface area contributed by atoms with Crippen molar-refractivity contribution in [2.75, 3.05) is 26.3 Å².